The van der Waals surface area contributed by atoms with E-state index in [4.69, 9.17) is 66.5 Å². The number of halogens is 6. The summed E-state index contributed by atoms with van der Waals surface area (Å²) in [5, 5.41) is 2.63. The number of allylic oxidation sites excluding steroid dienone is 8. The Kier molecular flexibility index (Phi) is 12.3. The Morgan fingerprint density at radius 2 is 0.950 bits per heavy atom. The SMILES string of the molecule is CC1=C(C)C([Si](Cl)(Cl)C(C)(C)C)C(C)=C1C.CC1=c2ccccc2=C(C)C1[Si](C)(Cl)Cl.C[Si](Cl)(Cl)C1C=CC=C1. The summed E-state index contributed by atoms with van der Waals surface area (Å²) in [5.74, 6) is 0. The summed E-state index contributed by atoms with van der Waals surface area (Å²) >= 11 is 38.2. The maximum atomic E-state index is 6.77. The van der Waals surface area contributed by atoms with E-state index in [0.29, 0.717) is 5.54 Å². The molecule has 3 aliphatic carbocycles. The van der Waals surface area contributed by atoms with Crippen molar-refractivity contribution in [2.24, 2.45) is 0 Å². The van der Waals surface area contributed by atoms with E-state index in [1.807, 2.05) is 37.4 Å². The van der Waals surface area contributed by atoms with Crippen LogP contribution in [0, 0.1) is 0 Å². The van der Waals surface area contributed by atoms with E-state index in [1.54, 1.807) is 0 Å². The first-order chi connectivity index (χ1) is 18.0. The fraction of sp³-hybridized carbons (Fsp3) is 0.484. The van der Waals surface area contributed by atoms with E-state index in [1.165, 1.54) is 43.9 Å². The van der Waals surface area contributed by atoms with Crippen molar-refractivity contribution in [1.29, 1.82) is 0 Å². The second kappa shape index (κ2) is 13.5. The third-order valence-corrected chi connectivity index (χ3v) is 23.0. The minimum Gasteiger partial charge on any atom is -0.145 e. The molecular weight excluding hydrogens is 669 g/mol. The van der Waals surface area contributed by atoms with Crippen LogP contribution in [0.2, 0.25) is 34.8 Å². The van der Waals surface area contributed by atoms with Gasteiger partial charge in [-0.15, -0.1) is 66.5 Å². The lowest BCUT2D eigenvalue weighted by atomic mass is 10.1. The van der Waals surface area contributed by atoms with Gasteiger partial charge in [-0.25, -0.2) is 0 Å². The monoisotopic (exact) mass is 710 g/mol. The Labute approximate surface area is 274 Å². The first kappa shape index (κ1) is 36.5. The maximum Gasteiger partial charge on any atom is 0.267 e. The number of hydrogen-bond donors (Lipinski definition) is 0. The summed E-state index contributed by atoms with van der Waals surface area (Å²) < 4.78 is 0. The largest absolute Gasteiger partial charge is 0.267 e. The lowest BCUT2D eigenvalue weighted by molar-refractivity contribution is 0.729. The highest BCUT2D eigenvalue weighted by Crippen LogP contribution is 2.58. The molecule has 0 nitrogen and oxygen atoms in total. The Balaban J connectivity index is 0.000000218. The van der Waals surface area contributed by atoms with Gasteiger partial charge in [0.1, 0.15) is 0 Å². The van der Waals surface area contributed by atoms with Gasteiger partial charge in [0, 0.05) is 16.6 Å². The van der Waals surface area contributed by atoms with Crippen molar-refractivity contribution in [1.82, 2.24) is 0 Å². The van der Waals surface area contributed by atoms with Crippen LogP contribution in [-0.2, 0) is 0 Å². The number of fused-ring (bicyclic) bond motifs is 1. The third-order valence-electron chi connectivity index (χ3n) is 8.46. The molecule has 1 aromatic carbocycles. The highest BCUT2D eigenvalue weighted by molar-refractivity contribution is 7.47. The number of rotatable bonds is 3. The Morgan fingerprint density at radius 1 is 0.575 bits per heavy atom. The second-order valence-electron chi connectivity index (χ2n) is 12.5. The van der Waals surface area contributed by atoms with Gasteiger partial charge < -0.3 is 0 Å². The molecule has 0 heterocycles. The lowest BCUT2D eigenvalue weighted by Crippen LogP contribution is -2.38. The zero-order chi connectivity index (χ0) is 31.0. The summed E-state index contributed by atoms with van der Waals surface area (Å²) in [4.78, 5) is 0. The standard InChI is InChI=1S/C13H22Cl2Si.C12H14Cl2Si.C6H8Cl2Si/c1-8-9(2)11(4)12(10(8)3)16(14,15)13(5,6)7;1-8-10-6-4-5-7-11(10)9(2)12(8)15(3,13)14;1-9(7,8)6-4-2-3-5-6/h12H,1-7H3;4-7,12H,1-3H3;2-6H,1H3. The molecule has 0 aliphatic heterocycles. The first-order valence-electron chi connectivity index (χ1n) is 13.6. The minimum atomic E-state index is -2.35. The molecular formula is C31H44Cl6Si3. The van der Waals surface area contributed by atoms with Gasteiger partial charge in [-0.05, 0) is 81.3 Å². The van der Waals surface area contributed by atoms with Crippen molar-refractivity contribution in [2.75, 3.05) is 0 Å². The van der Waals surface area contributed by atoms with Crippen LogP contribution in [0.3, 0.4) is 0 Å². The molecule has 0 fully saturated rings. The molecule has 0 aromatic heterocycles. The van der Waals surface area contributed by atoms with Crippen LogP contribution in [-0.4, -0.2) is 20.1 Å². The Hall–Kier alpha value is 0.311. The van der Waals surface area contributed by atoms with E-state index < -0.39 is 20.1 Å². The summed E-state index contributed by atoms with van der Waals surface area (Å²) in [5.41, 5.74) is 9.07. The molecule has 0 saturated heterocycles. The molecule has 3 aliphatic rings. The van der Waals surface area contributed by atoms with Crippen molar-refractivity contribution >= 4 is 97.7 Å². The predicted molar refractivity (Wildman–Crippen MR) is 194 cm³/mol. The Bertz CT molecular complexity index is 1270. The zero-order valence-corrected chi connectivity index (χ0v) is 33.2. The Morgan fingerprint density at radius 3 is 1.23 bits per heavy atom. The molecule has 0 bridgehead atoms. The molecule has 0 unspecified atom stereocenters. The van der Waals surface area contributed by atoms with Gasteiger partial charge in [0.25, 0.3) is 20.1 Å². The molecule has 0 amide bonds. The second-order valence-corrected chi connectivity index (χ2v) is 35.6. The fourth-order valence-electron chi connectivity index (χ4n) is 5.66. The van der Waals surface area contributed by atoms with Crippen LogP contribution < -0.4 is 10.4 Å². The smallest absolute Gasteiger partial charge is 0.145 e. The van der Waals surface area contributed by atoms with E-state index in [9.17, 15) is 0 Å². The first-order valence-corrected chi connectivity index (χ1v) is 27.0. The average Bonchev–Trinajstić information content (AvgIpc) is 3.49. The van der Waals surface area contributed by atoms with Crippen molar-refractivity contribution in [3.8, 4) is 0 Å². The molecule has 4 rings (SSSR count). The summed E-state index contributed by atoms with van der Waals surface area (Å²) in [6.45, 7) is 16.9. The summed E-state index contributed by atoms with van der Waals surface area (Å²) in [6.07, 6.45) is 8.07. The minimum absolute atomic E-state index is 0.00576. The molecule has 0 radical (unpaired) electrons. The predicted octanol–water partition coefficient (Wildman–Crippen LogP) is 11.8. The number of benzene rings is 1. The molecule has 0 atom stereocenters. The number of hydrogen-bond acceptors (Lipinski definition) is 0. The highest BCUT2D eigenvalue weighted by Gasteiger charge is 2.52. The fourth-order valence-corrected chi connectivity index (χ4v) is 15.6. The zero-order valence-electron chi connectivity index (χ0n) is 25.6. The van der Waals surface area contributed by atoms with Gasteiger partial charge in [0.15, 0.2) is 0 Å². The molecule has 1 aromatic rings. The van der Waals surface area contributed by atoms with E-state index in [-0.39, 0.29) is 16.1 Å². The van der Waals surface area contributed by atoms with Gasteiger partial charge >= 0.3 is 0 Å². The molecule has 0 saturated carbocycles. The van der Waals surface area contributed by atoms with Gasteiger partial charge in [-0.3, -0.25) is 0 Å². The lowest BCUT2D eigenvalue weighted by Gasteiger charge is -2.38. The summed E-state index contributed by atoms with van der Waals surface area (Å²) in [7, 11) is 0. The highest BCUT2D eigenvalue weighted by atomic mass is 35.7. The molecule has 40 heavy (non-hydrogen) atoms. The van der Waals surface area contributed by atoms with Crippen LogP contribution in [0.25, 0.3) is 11.1 Å². The van der Waals surface area contributed by atoms with Crippen LogP contribution in [0.5, 0.6) is 0 Å². The van der Waals surface area contributed by atoms with Gasteiger partial charge in [-0.1, -0.05) is 91.6 Å². The van der Waals surface area contributed by atoms with E-state index in [0.717, 1.165) is 0 Å². The third kappa shape index (κ3) is 8.07. The van der Waals surface area contributed by atoms with Crippen LogP contribution >= 0.6 is 66.5 Å². The summed E-state index contributed by atoms with van der Waals surface area (Å²) in [6, 6.07) is 8.45. The van der Waals surface area contributed by atoms with E-state index in [2.05, 4.69) is 86.6 Å². The molecule has 222 valence electrons. The van der Waals surface area contributed by atoms with E-state index >= 15 is 0 Å². The quantitative estimate of drug-likeness (QED) is 0.216. The van der Waals surface area contributed by atoms with Gasteiger partial charge in [-0.2, -0.15) is 0 Å². The molecule has 0 spiro atoms. The van der Waals surface area contributed by atoms with Gasteiger partial charge in [0.05, 0.1) is 0 Å². The molecule has 9 heteroatoms. The van der Waals surface area contributed by atoms with Crippen molar-refractivity contribution in [3.05, 3.63) is 81.3 Å². The topological polar surface area (TPSA) is 0 Å². The van der Waals surface area contributed by atoms with Crippen molar-refractivity contribution in [3.63, 3.8) is 0 Å². The van der Waals surface area contributed by atoms with Crippen LogP contribution in [0.4, 0.5) is 0 Å². The van der Waals surface area contributed by atoms with Gasteiger partial charge in [0.2, 0.25) is 0 Å². The van der Waals surface area contributed by atoms with Crippen molar-refractivity contribution in [2.45, 2.75) is 97.1 Å². The van der Waals surface area contributed by atoms with Crippen molar-refractivity contribution < 1.29 is 0 Å². The van der Waals surface area contributed by atoms with Crippen LogP contribution in [0.1, 0.15) is 62.3 Å². The average molecular weight is 714 g/mol. The normalized spacial score (nSPS) is 18.8. The molecule has 0 N–H and O–H groups in total. The van der Waals surface area contributed by atoms with Crippen LogP contribution in [0.15, 0.2) is 70.9 Å². The maximum absolute atomic E-state index is 6.77.